The first-order valence-corrected chi connectivity index (χ1v) is 5.31. The number of aliphatic hydroxyl groups excluding tert-OH is 1. The second-order valence-corrected chi connectivity index (χ2v) is 4.91. The molecule has 6 nitrogen and oxygen atoms in total. The third kappa shape index (κ3) is 3.96. The maximum atomic E-state index is 11.3. The molecule has 1 saturated heterocycles. The number of carbonyl (C=O) groups excluding carboxylic acids is 1. The first-order chi connectivity index (χ1) is 7.29. The number of ether oxygens (including phenoxy) is 2. The number of alkyl carbamates (subject to hydrolysis) is 1. The second kappa shape index (κ2) is 4.99. The zero-order valence-electron chi connectivity index (χ0n) is 9.90. The summed E-state index contributed by atoms with van der Waals surface area (Å²) in [4.78, 5) is 11.3. The van der Waals surface area contributed by atoms with Gasteiger partial charge in [0.15, 0.2) is 0 Å². The van der Waals surface area contributed by atoms with E-state index in [0.29, 0.717) is 6.61 Å². The summed E-state index contributed by atoms with van der Waals surface area (Å²) in [5.41, 5.74) is 5.03. The highest BCUT2D eigenvalue weighted by atomic mass is 16.6. The molecule has 0 spiro atoms. The largest absolute Gasteiger partial charge is 0.444 e. The molecule has 1 amide bonds. The number of amides is 1. The predicted octanol–water partition coefficient (Wildman–Crippen LogP) is -0.402. The van der Waals surface area contributed by atoms with E-state index in [2.05, 4.69) is 5.32 Å². The van der Waals surface area contributed by atoms with Crippen molar-refractivity contribution in [2.75, 3.05) is 13.2 Å². The van der Waals surface area contributed by atoms with E-state index in [-0.39, 0.29) is 12.6 Å². The van der Waals surface area contributed by atoms with Crippen molar-refractivity contribution in [1.29, 1.82) is 0 Å². The van der Waals surface area contributed by atoms with Crippen molar-refractivity contribution < 1.29 is 19.4 Å². The number of rotatable bonds is 2. The van der Waals surface area contributed by atoms with Gasteiger partial charge in [-0.25, -0.2) is 4.79 Å². The van der Waals surface area contributed by atoms with E-state index in [0.717, 1.165) is 0 Å². The number of nitrogens with one attached hydrogen (secondary N) is 1. The van der Waals surface area contributed by atoms with Gasteiger partial charge in [0, 0.05) is 6.54 Å². The number of nitrogens with two attached hydrogens (primary N) is 1. The van der Waals surface area contributed by atoms with Crippen molar-refractivity contribution in [2.24, 2.45) is 5.73 Å². The topological polar surface area (TPSA) is 93.8 Å². The van der Waals surface area contributed by atoms with Crippen LogP contribution in [0.1, 0.15) is 20.8 Å². The molecule has 1 rings (SSSR count). The van der Waals surface area contributed by atoms with Crippen LogP contribution in [0, 0.1) is 0 Å². The van der Waals surface area contributed by atoms with Crippen molar-refractivity contribution in [3.63, 3.8) is 0 Å². The SMILES string of the molecule is CC(C)(C)OC(=O)NC[C@H]1OC[C@@H](N)[C@@H]1O. The fraction of sp³-hybridized carbons (Fsp3) is 0.900. The van der Waals surface area contributed by atoms with Crippen molar-refractivity contribution >= 4 is 6.09 Å². The van der Waals surface area contributed by atoms with Crippen molar-refractivity contribution in [3.8, 4) is 0 Å². The Kier molecular flexibility index (Phi) is 4.12. The van der Waals surface area contributed by atoms with Crippen LogP contribution in [-0.2, 0) is 9.47 Å². The van der Waals surface area contributed by atoms with Crippen LogP contribution >= 0.6 is 0 Å². The van der Waals surface area contributed by atoms with E-state index in [4.69, 9.17) is 15.2 Å². The van der Waals surface area contributed by atoms with Crippen LogP contribution in [0.3, 0.4) is 0 Å². The van der Waals surface area contributed by atoms with E-state index >= 15 is 0 Å². The van der Waals surface area contributed by atoms with E-state index in [9.17, 15) is 9.90 Å². The van der Waals surface area contributed by atoms with Gasteiger partial charge < -0.3 is 25.6 Å². The highest BCUT2D eigenvalue weighted by molar-refractivity contribution is 5.67. The molecule has 0 radical (unpaired) electrons. The molecule has 1 aliphatic rings. The lowest BCUT2D eigenvalue weighted by atomic mass is 10.1. The van der Waals surface area contributed by atoms with E-state index < -0.39 is 23.9 Å². The van der Waals surface area contributed by atoms with Gasteiger partial charge in [0.1, 0.15) is 11.7 Å². The summed E-state index contributed by atoms with van der Waals surface area (Å²) in [5.74, 6) is 0. The van der Waals surface area contributed by atoms with Crippen LogP contribution in [0.5, 0.6) is 0 Å². The molecule has 1 heterocycles. The number of hydrogen-bond acceptors (Lipinski definition) is 5. The number of hydrogen-bond donors (Lipinski definition) is 3. The summed E-state index contributed by atoms with van der Waals surface area (Å²) in [6, 6.07) is -0.384. The summed E-state index contributed by atoms with van der Waals surface area (Å²) in [7, 11) is 0. The first-order valence-electron chi connectivity index (χ1n) is 5.31. The molecule has 0 aromatic rings. The summed E-state index contributed by atoms with van der Waals surface area (Å²) in [6.45, 7) is 5.85. The normalized spacial score (nSPS) is 30.2. The Balaban J connectivity index is 2.27. The van der Waals surface area contributed by atoms with E-state index in [1.54, 1.807) is 20.8 Å². The molecule has 0 saturated carbocycles. The standard InChI is InChI=1S/C10H20N2O4/c1-10(2,3)16-9(14)12-4-7-8(13)6(11)5-15-7/h6-8,13H,4-5,11H2,1-3H3,(H,12,14)/t6-,7-,8+/m1/s1. The average Bonchev–Trinajstić information content (AvgIpc) is 2.42. The van der Waals surface area contributed by atoms with E-state index in [1.165, 1.54) is 0 Å². The summed E-state index contributed by atoms with van der Waals surface area (Å²) in [6.07, 6.45) is -1.72. The minimum absolute atomic E-state index is 0.198. The molecule has 0 aliphatic carbocycles. The van der Waals surface area contributed by atoms with Crippen molar-refractivity contribution in [2.45, 2.75) is 44.6 Å². The Morgan fingerprint density at radius 3 is 2.69 bits per heavy atom. The van der Waals surface area contributed by atoms with Crippen LogP contribution in [0.2, 0.25) is 0 Å². The van der Waals surface area contributed by atoms with Crippen LogP contribution in [0.25, 0.3) is 0 Å². The molecular formula is C10H20N2O4. The van der Waals surface area contributed by atoms with Gasteiger partial charge in [-0.15, -0.1) is 0 Å². The average molecular weight is 232 g/mol. The lowest BCUT2D eigenvalue weighted by Crippen LogP contribution is -2.43. The predicted molar refractivity (Wildman–Crippen MR) is 58.0 cm³/mol. The third-order valence-corrected chi connectivity index (χ3v) is 2.17. The molecule has 1 aliphatic heterocycles. The van der Waals surface area contributed by atoms with Gasteiger partial charge >= 0.3 is 6.09 Å². The molecule has 4 N–H and O–H groups in total. The highest BCUT2D eigenvalue weighted by Crippen LogP contribution is 2.12. The van der Waals surface area contributed by atoms with Gasteiger partial charge in [-0.05, 0) is 20.8 Å². The van der Waals surface area contributed by atoms with Crippen LogP contribution < -0.4 is 11.1 Å². The van der Waals surface area contributed by atoms with Gasteiger partial charge in [0.05, 0.1) is 18.8 Å². The molecule has 0 bridgehead atoms. The van der Waals surface area contributed by atoms with Gasteiger partial charge in [-0.1, -0.05) is 0 Å². The molecule has 0 aromatic heterocycles. The zero-order chi connectivity index (χ0) is 12.3. The quantitative estimate of drug-likeness (QED) is 0.602. The summed E-state index contributed by atoms with van der Waals surface area (Å²) in [5, 5.41) is 12.1. The summed E-state index contributed by atoms with van der Waals surface area (Å²) < 4.78 is 10.3. The lowest BCUT2D eigenvalue weighted by molar-refractivity contribution is 0.0290. The van der Waals surface area contributed by atoms with Gasteiger partial charge in [-0.3, -0.25) is 0 Å². The number of carbonyl (C=O) groups is 1. The van der Waals surface area contributed by atoms with Gasteiger partial charge in [-0.2, -0.15) is 0 Å². The Labute approximate surface area is 95.1 Å². The molecule has 94 valence electrons. The number of aliphatic hydroxyl groups is 1. The molecule has 6 heteroatoms. The molecule has 0 aromatic carbocycles. The van der Waals surface area contributed by atoms with Crippen LogP contribution in [0.4, 0.5) is 4.79 Å². The molecule has 0 unspecified atom stereocenters. The smallest absolute Gasteiger partial charge is 0.407 e. The Morgan fingerprint density at radius 2 is 2.25 bits per heavy atom. The van der Waals surface area contributed by atoms with Crippen molar-refractivity contribution in [1.82, 2.24) is 5.32 Å². The minimum Gasteiger partial charge on any atom is -0.444 e. The van der Waals surface area contributed by atoms with Crippen LogP contribution in [-0.4, -0.2) is 48.2 Å². The van der Waals surface area contributed by atoms with Gasteiger partial charge in [0.25, 0.3) is 0 Å². The maximum Gasteiger partial charge on any atom is 0.407 e. The maximum absolute atomic E-state index is 11.3. The fourth-order valence-corrected chi connectivity index (χ4v) is 1.39. The Bertz CT molecular complexity index is 252. The highest BCUT2D eigenvalue weighted by Gasteiger charge is 2.33. The molecular weight excluding hydrogens is 212 g/mol. The van der Waals surface area contributed by atoms with E-state index in [1.807, 2.05) is 0 Å². The summed E-state index contributed by atoms with van der Waals surface area (Å²) >= 11 is 0. The monoisotopic (exact) mass is 232 g/mol. The van der Waals surface area contributed by atoms with Gasteiger partial charge in [0.2, 0.25) is 0 Å². The molecule has 3 atom stereocenters. The Morgan fingerprint density at radius 1 is 1.62 bits per heavy atom. The first kappa shape index (κ1) is 13.2. The second-order valence-electron chi connectivity index (χ2n) is 4.91. The van der Waals surface area contributed by atoms with Crippen LogP contribution in [0.15, 0.2) is 0 Å². The van der Waals surface area contributed by atoms with Crippen molar-refractivity contribution in [3.05, 3.63) is 0 Å². The lowest BCUT2D eigenvalue weighted by Gasteiger charge is -2.21. The third-order valence-electron chi connectivity index (χ3n) is 2.17. The molecule has 1 fully saturated rings. The minimum atomic E-state index is -0.741. The molecule has 16 heavy (non-hydrogen) atoms. The Hall–Kier alpha value is -0.850. The zero-order valence-corrected chi connectivity index (χ0v) is 9.90. The fourth-order valence-electron chi connectivity index (χ4n) is 1.39.